The molecule has 0 radical (unpaired) electrons. The largest absolute Gasteiger partial charge is 0.496 e. The van der Waals surface area contributed by atoms with Crippen molar-refractivity contribution in [2.24, 2.45) is 0 Å². The number of methoxy groups -OCH3 is 1. The molecule has 3 nitrogen and oxygen atoms in total. The first-order chi connectivity index (χ1) is 9.29. The zero-order chi connectivity index (χ0) is 13.2. The Balaban J connectivity index is 2.20. The summed E-state index contributed by atoms with van der Waals surface area (Å²) in [6.07, 6.45) is 0. The first-order valence-electron chi connectivity index (χ1n) is 5.73. The van der Waals surface area contributed by atoms with Gasteiger partial charge in [0.25, 0.3) is 0 Å². The number of rotatable bonds is 3. The van der Waals surface area contributed by atoms with E-state index in [0.29, 0.717) is 5.13 Å². The molecule has 0 atom stereocenters. The fourth-order valence-electron chi connectivity index (χ4n) is 1.93. The van der Waals surface area contributed by atoms with Crippen molar-refractivity contribution in [1.82, 2.24) is 4.98 Å². The standard InChI is InChI=1S/C14H12N2OS2/c1-17-10-6-3-2-5-9(10)12-13(19-14(15)16-12)11-7-4-8-18-11/h2-8H,1H3,(H2,15,16). The van der Waals surface area contributed by atoms with Gasteiger partial charge in [0, 0.05) is 10.4 Å². The van der Waals surface area contributed by atoms with E-state index in [9.17, 15) is 0 Å². The van der Waals surface area contributed by atoms with Gasteiger partial charge in [0.1, 0.15) is 5.75 Å². The molecule has 3 aromatic rings. The molecule has 0 saturated carbocycles. The van der Waals surface area contributed by atoms with Crippen LogP contribution in [0.15, 0.2) is 41.8 Å². The average Bonchev–Trinajstić information content (AvgIpc) is 3.07. The predicted molar refractivity (Wildman–Crippen MR) is 81.8 cm³/mol. The smallest absolute Gasteiger partial charge is 0.181 e. The summed E-state index contributed by atoms with van der Waals surface area (Å²) < 4.78 is 5.41. The molecule has 96 valence electrons. The minimum absolute atomic E-state index is 0.573. The number of thiazole rings is 1. The highest BCUT2D eigenvalue weighted by Crippen LogP contribution is 2.42. The number of para-hydroxylation sites is 1. The van der Waals surface area contributed by atoms with Crippen LogP contribution in [0.5, 0.6) is 5.75 Å². The van der Waals surface area contributed by atoms with Gasteiger partial charge in [-0.1, -0.05) is 29.5 Å². The van der Waals surface area contributed by atoms with Crippen LogP contribution in [0.2, 0.25) is 0 Å². The zero-order valence-corrected chi connectivity index (χ0v) is 11.9. The van der Waals surface area contributed by atoms with Crippen molar-refractivity contribution in [3.63, 3.8) is 0 Å². The maximum atomic E-state index is 5.89. The van der Waals surface area contributed by atoms with Crippen molar-refractivity contribution in [2.45, 2.75) is 0 Å². The van der Waals surface area contributed by atoms with Crippen LogP contribution in [-0.4, -0.2) is 12.1 Å². The van der Waals surface area contributed by atoms with Crippen molar-refractivity contribution in [2.75, 3.05) is 12.8 Å². The maximum absolute atomic E-state index is 5.89. The molecule has 0 amide bonds. The molecule has 1 aromatic carbocycles. The summed E-state index contributed by atoms with van der Waals surface area (Å²) in [5.41, 5.74) is 7.75. The van der Waals surface area contributed by atoms with Crippen LogP contribution in [0.4, 0.5) is 5.13 Å². The third-order valence-corrected chi connectivity index (χ3v) is 4.69. The van der Waals surface area contributed by atoms with E-state index in [4.69, 9.17) is 10.5 Å². The number of nitrogens with zero attached hydrogens (tertiary/aromatic N) is 1. The molecule has 5 heteroatoms. The van der Waals surface area contributed by atoms with Crippen LogP contribution in [0.1, 0.15) is 0 Å². The Kier molecular flexibility index (Phi) is 3.23. The molecule has 0 aliphatic heterocycles. The Labute approximate surface area is 119 Å². The quantitative estimate of drug-likeness (QED) is 0.788. The molecule has 19 heavy (non-hydrogen) atoms. The van der Waals surface area contributed by atoms with Gasteiger partial charge in [-0.05, 0) is 23.6 Å². The zero-order valence-electron chi connectivity index (χ0n) is 10.3. The molecule has 0 aliphatic carbocycles. The number of nitrogens with two attached hydrogens (primary N) is 1. The van der Waals surface area contributed by atoms with E-state index in [-0.39, 0.29) is 0 Å². The molecule has 2 N–H and O–H groups in total. The van der Waals surface area contributed by atoms with Crippen molar-refractivity contribution in [1.29, 1.82) is 0 Å². The number of benzene rings is 1. The Morgan fingerprint density at radius 3 is 2.74 bits per heavy atom. The van der Waals surface area contributed by atoms with Crippen molar-refractivity contribution >= 4 is 27.8 Å². The molecule has 0 unspecified atom stereocenters. The summed E-state index contributed by atoms with van der Waals surface area (Å²) in [6.45, 7) is 0. The van der Waals surface area contributed by atoms with Crippen LogP contribution in [0, 0.1) is 0 Å². The molecule has 0 fully saturated rings. The number of ether oxygens (including phenoxy) is 1. The van der Waals surface area contributed by atoms with E-state index in [0.717, 1.165) is 21.9 Å². The fraction of sp³-hybridized carbons (Fsp3) is 0.0714. The van der Waals surface area contributed by atoms with Crippen molar-refractivity contribution < 1.29 is 4.74 Å². The molecule has 3 rings (SSSR count). The van der Waals surface area contributed by atoms with Gasteiger partial charge in [-0.15, -0.1) is 11.3 Å². The van der Waals surface area contributed by atoms with Crippen LogP contribution < -0.4 is 10.5 Å². The Morgan fingerprint density at radius 2 is 2.00 bits per heavy atom. The van der Waals surface area contributed by atoms with Gasteiger partial charge in [-0.25, -0.2) is 4.98 Å². The fourth-order valence-corrected chi connectivity index (χ4v) is 3.64. The number of nitrogen functional groups attached to an aromatic ring is 1. The van der Waals surface area contributed by atoms with Crippen LogP contribution >= 0.6 is 22.7 Å². The summed E-state index contributed by atoms with van der Waals surface area (Å²) in [7, 11) is 1.67. The second-order valence-electron chi connectivity index (χ2n) is 3.91. The van der Waals surface area contributed by atoms with Gasteiger partial charge in [0.15, 0.2) is 5.13 Å². The number of anilines is 1. The number of hydrogen-bond donors (Lipinski definition) is 1. The van der Waals surface area contributed by atoms with Gasteiger partial charge in [0.05, 0.1) is 17.7 Å². The minimum atomic E-state index is 0.573. The number of thiophene rings is 1. The second-order valence-corrected chi connectivity index (χ2v) is 5.89. The normalized spacial score (nSPS) is 10.6. The van der Waals surface area contributed by atoms with Gasteiger partial charge >= 0.3 is 0 Å². The van der Waals surface area contributed by atoms with E-state index in [1.807, 2.05) is 30.3 Å². The van der Waals surface area contributed by atoms with Gasteiger partial charge in [0.2, 0.25) is 0 Å². The van der Waals surface area contributed by atoms with E-state index in [1.54, 1.807) is 18.4 Å². The minimum Gasteiger partial charge on any atom is -0.496 e. The summed E-state index contributed by atoms with van der Waals surface area (Å²) in [5, 5.41) is 2.63. The lowest BCUT2D eigenvalue weighted by molar-refractivity contribution is 0.416. The summed E-state index contributed by atoms with van der Waals surface area (Å²) in [5.74, 6) is 0.811. The van der Waals surface area contributed by atoms with Crippen LogP contribution in [0.25, 0.3) is 21.0 Å². The lowest BCUT2D eigenvalue weighted by Crippen LogP contribution is -1.89. The molecule has 0 spiro atoms. The lowest BCUT2D eigenvalue weighted by Gasteiger charge is -2.07. The first kappa shape index (κ1) is 12.2. The van der Waals surface area contributed by atoms with E-state index >= 15 is 0 Å². The summed E-state index contributed by atoms with van der Waals surface area (Å²) in [6, 6.07) is 12.0. The van der Waals surface area contributed by atoms with Crippen molar-refractivity contribution in [3.05, 3.63) is 41.8 Å². The molecule has 0 saturated heterocycles. The highest BCUT2D eigenvalue weighted by molar-refractivity contribution is 7.23. The van der Waals surface area contributed by atoms with Crippen LogP contribution in [-0.2, 0) is 0 Å². The second kappa shape index (κ2) is 5.03. The number of aromatic nitrogens is 1. The maximum Gasteiger partial charge on any atom is 0.181 e. The molecule has 0 bridgehead atoms. The molecule has 2 aromatic heterocycles. The Morgan fingerprint density at radius 1 is 1.16 bits per heavy atom. The summed E-state index contributed by atoms with van der Waals surface area (Å²) in [4.78, 5) is 6.74. The molecule has 0 aliphatic rings. The first-order valence-corrected chi connectivity index (χ1v) is 7.43. The SMILES string of the molecule is COc1ccccc1-c1nc(N)sc1-c1cccs1. The topological polar surface area (TPSA) is 48.1 Å². The third-order valence-electron chi connectivity index (χ3n) is 2.75. The van der Waals surface area contributed by atoms with Gasteiger partial charge < -0.3 is 10.5 Å². The third kappa shape index (κ3) is 2.22. The molecular weight excluding hydrogens is 276 g/mol. The van der Waals surface area contributed by atoms with Crippen molar-refractivity contribution in [3.8, 4) is 26.8 Å². The molecular formula is C14H12N2OS2. The highest BCUT2D eigenvalue weighted by atomic mass is 32.1. The van der Waals surface area contributed by atoms with Gasteiger partial charge in [-0.3, -0.25) is 0 Å². The van der Waals surface area contributed by atoms with E-state index in [2.05, 4.69) is 16.4 Å². The Bertz CT molecular complexity index is 689. The number of hydrogen-bond acceptors (Lipinski definition) is 5. The average molecular weight is 288 g/mol. The van der Waals surface area contributed by atoms with E-state index < -0.39 is 0 Å². The predicted octanol–water partition coefficient (Wildman–Crippen LogP) is 4.13. The van der Waals surface area contributed by atoms with E-state index in [1.165, 1.54) is 16.2 Å². The Hall–Kier alpha value is -1.85. The highest BCUT2D eigenvalue weighted by Gasteiger charge is 2.17. The van der Waals surface area contributed by atoms with Crippen LogP contribution in [0.3, 0.4) is 0 Å². The van der Waals surface area contributed by atoms with Gasteiger partial charge in [-0.2, -0.15) is 0 Å². The monoisotopic (exact) mass is 288 g/mol. The molecule has 2 heterocycles. The summed E-state index contributed by atoms with van der Waals surface area (Å²) >= 11 is 3.19. The lowest BCUT2D eigenvalue weighted by atomic mass is 10.1.